The molecule has 0 aromatic carbocycles. The van der Waals surface area contributed by atoms with Gasteiger partial charge in [-0.05, 0) is 19.8 Å². The normalized spacial score (nSPS) is 20.4. The third-order valence-corrected chi connectivity index (χ3v) is 2.15. The number of urea groups is 1. The smallest absolute Gasteiger partial charge is 0.314 e. The van der Waals surface area contributed by atoms with Crippen LogP contribution in [0.3, 0.4) is 0 Å². The van der Waals surface area contributed by atoms with Gasteiger partial charge in [0.1, 0.15) is 0 Å². The maximum Gasteiger partial charge on any atom is 0.314 e. The van der Waals surface area contributed by atoms with E-state index in [1.54, 1.807) is 0 Å². The first-order chi connectivity index (χ1) is 6.39. The van der Waals surface area contributed by atoms with E-state index in [9.17, 15) is 13.6 Å². The molecule has 1 saturated carbocycles. The highest BCUT2D eigenvalue weighted by molar-refractivity contribution is 5.74. The molecule has 0 heterocycles. The monoisotopic (exact) mass is 206 g/mol. The van der Waals surface area contributed by atoms with Gasteiger partial charge in [0, 0.05) is 25.4 Å². The third kappa shape index (κ3) is 3.47. The Bertz CT molecular complexity index is 211. The van der Waals surface area contributed by atoms with Crippen molar-refractivity contribution >= 4 is 6.03 Å². The molecule has 3 nitrogen and oxygen atoms in total. The van der Waals surface area contributed by atoms with Crippen LogP contribution in [0, 0.1) is 5.92 Å². The van der Waals surface area contributed by atoms with E-state index in [0.29, 0.717) is 6.54 Å². The molecule has 2 amide bonds. The van der Waals surface area contributed by atoms with Gasteiger partial charge >= 0.3 is 6.03 Å². The highest BCUT2D eigenvalue weighted by atomic mass is 19.3. The Labute approximate surface area is 82.2 Å². The summed E-state index contributed by atoms with van der Waals surface area (Å²) >= 11 is 0. The lowest BCUT2D eigenvalue weighted by Crippen LogP contribution is -2.46. The Kier molecular flexibility index (Phi) is 3.29. The summed E-state index contributed by atoms with van der Waals surface area (Å²) in [5, 5.41) is 5.20. The Morgan fingerprint density at radius 2 is 2.07 bits per heavy atom. The molecule has 0 saturated heterocycles. The fourth-order valence-corrected chi connectivity index (χ4v) is 1.48. The zero-order chi connectivity index (χ0) is 10.8. The number of amides is 2. The van der Waals surface area contributed by atoms with E-state index >= 15 is 0 Å². The molecule has 0 radical (unpaired) electrons. The average molecular weight is 206 g/mol. The summed E-state index contributed by atoms with van der Waals surface area (Å²) in [5.74, 6) is -2.57. The first-order valence-corrected chi connectivity index (χ1v) is 4.81. The zero-order valence-electron chi connectivity index (χ0n) is 8.44. The number of hydrogen-bond acceptors (Lipinski definition) is 1. The van der Waals surface area contributed by atoms with Gasteiger partial charge in [-0.15, -0.1) is 0 Å². The van der Waals surface area contributed by atoms with Crippen LogP contribution in [-0.2, 0) is 0 Å². The molecule has 0 bridgehead atoms. The predicted octanol–water partition coefficient (Wildman–Crippen LogP) is 1.74. The standard InChI is InChI=1S/C9H16F2N2O/c1-6(2)13-8(14)12-5-7-3-9(10,11)4-7/h6-7H,3-5H2,1-2H3,(H2,12,13,14). The topological polar surface area (TPSA) is 41.1 Å². The average Bonchev–Trinajstić information content (AvgIpc) is 1.95. The second-order valence-electron chi connectivity index (χ2n) is 4.14. The molecule has 0 spiro atoms. The summed E-state index contributed by atoms with van der Waals surface area (Å²) in [6.45, 7) is 4.03. The first kappa shape index (κ1) is 11.2. The second kappa shape index (κ2) is 4.11. The number of hydrogen-bond donors (Lipinski definition) is 2. The molecule has 1 rings (SSSR count). The maximum absolute atomic E-state index is 12.4. The van der Waals surface area contributed by atoms with Gasteiger partial charge in [-0.3, -0.25) is 0 Å². The predicted molar refractivity (Wildman–Crippen MR) is 49.3 cm³/mol. The van der Waals surface area contributed by atoms with Crippen LogP contribution < -0.4 is 10.6 Å². The maximum atomic E-state index is 12.4. The molecule has 1 aliphatic carbocycles. The van der Waals surface area contributed by atoms with Crippen LogP contribution in [0.25, 0.3) is 0 Å². The van der Waals surface area contributed by atoms with Crippen molar-refractivity contribution in [3.8, 4) is 0 Å². The summed E-state index contributed by atoms with van der Waals surface area (Å²) in [6.07, 6.45) is -0.204. The summed E-state index contributed by atoms with van der Waals surface area (Å²) in [6, 6.07) is -0.215. The van der Waals surface area contributed by atoms with Crippen molar-refractivity contribution in [1.82, 2.24) is 10.6 Å². The van der Waals surface area contributed by atoms with Gasteiger partial charge in [0.15, 0.2) is 0 Å². The fourth-order valence-electron chi connectivity index (χ4n) is 1.48. The second-order valence-corrected chi connectivity index (χ2v) is 4.14. The fraction of sp³-hybridized carbons (Fsp3) is 0.889. The van der Waals surface area contributed by atoms with E-state index < -0.39 is 5.92 Å². The van der Waals surface area contributed by atoms with Gasteiger partial charge in [0.05, 0.1) is 0 Å². The molecule has 1 fully saturated rings. The molecule has 14 heavy (non-hydrogen) atoms. The van der Waals surface area contributed by atoms with E-state index in [1.165, 1.54) is 0 Å². The van der Waals surface area contributed by atoms with Crippen molar-refractivity contribution in [2.45, 2.75) is 38.7 Å². The molecular formula is C9H16F2N2O. The largest absolute Gasteiger partial charge is 0.338 e. The molecule has 1 aliphatic rings. The van der Waals surface area contributed by atoms with Crippen molar-refractivity contribution in [2.75, 3.05) is 6.54 Å². The molecule has 0 aliphatic heterocycles. The van der Waals surface area contributed by atoms with Crippen molar-refractivity contribution in [3.05, 3.63) is 0 Å². The van der Waals surface area contributed by atoms with E-state index in [0.717, 1.165) is 0 Å². The Hall–Kier alpha value is -0.870. The quantitative estimate of drug-likeness (QED) is 0.725. The number of halogens is 2. The molecule has 0 aromatic rings. The van der Waals surface area contributed by atoms with E-state index in [2.05, 4.69) is 10.6 Å². The van der Waals surface area contributed by atoms with Crippen LogP contribution in [0.2, 0.25) is 0 Å². The van der Waals surface area contributed by atoms with Crippen LogP contribution >= 0.6 is 0 Å². The molecule has 0 aromatic heterocycles. The van der Waals surface area contributed by atoms with Gasteiger partial charge in [-0.2, -0.15) is 0 Å². The number of alkyl halides is 2. The van der Waals surface area contributed by atoms with Gasteiger partial charge in [-0.25, -0.2) is 13.6 Å². The highest BCUT2D eigenvalue weighted by Crippen LogP contribution is 2.41. The van der Waals surface area contributed by atoms with E-state index in [4.69, 9.17) is 0 Å². The Balaban J connectivity index is 2.08. The van der Waals surface area contributed by atoms with E-state index in [-0.39, 0.29) is 30.8 Å². The van der Waals surface area contributed by atoms with Gasteiger partial charge < -0.3 is 10.6 Å². The summed E-state index contributed by atoms with van der Waals surface area (Å²) < 4.78 is 24.8. The molecule has 0 atom stereocenters. The van der Waals surface area contributed by atoms with E-state index in [1.807, 2.05) is 13.8 Å². The van der Waals surface area contributed by atoms with Crippen LogP contribution in [0.4, 0.5) is 13.6 Å². The molecule has 82 valence electrons. The van der Waals surface area contributed by atoms with Crippen LogP contribution in [-0.4, -0.2) is 24.5 Å². The number of rotatable bonds is 3. The van der Waals surface area contributed by atoms with Gasteiger partial charge in [0.25, 0.3) is 0 Å². The minimum absolute atomic E-state index is 0.0667. The van der Waals surface area contributed by atoms with Crippen molar-refractivity contribution in [3.63, 3.8) is 0 Å². The zero-order valence-corrected chi connectivity index (χ0v) is 8.44. The highest BCUT2D eigenvalue weighted by Gasteiger charge is 2.44. The van der Waals surface area contributed by atoms with Gasteiger partial charge in [0.2, 0.25) is 5.92 Å². The summed E-state index contributed by atoms with van der Waals surface area (Å²) in [4.78, 5) is 11.0. The van der Waals surface area contributed by atoms with Crippen molar-refractivity contribution in [2.24, 2.45) is 5.92 Å². The Morgan fingerprint density at radius 1 is 1.50 bits per heavy atom. The van der Waals surface area contributed by atoms with Crippen molar-refractivity contribution < 1.29 is 13.6 Å². The SMILES string of the molecule is CC(C)NC(=O)NCC1CC(F)(F)C1. The lowest BCUT2D eigenvalue weighted by atomic mass is 9.81. The number of carbonyl (C=O) groups is 1. The third-order valence-electron chi connectivity index (χ3n) is 2.15. The minimum Gasteiger partial charge on any atom is -0.338 e. The lowest BCUT2D eigenvalue weighted by Gasteiger charge is -2.34. The molecule has 5 heteroatoms. The summed E-state index contributed by atoms with van der Waals surface area (Å²) in [7, 11) is 0. The minimum atomic E-state index is -2.50. The molecule has 0 unspecified atom stereocenters. The van der Waals surface area contributed by atoms with Gasteiger partial charge in [-0.1, -0.05) is 0 Å². The van der Waals surface area contributed by atoms with Crippen molar-refractivity contribution in [1.29, 1.82) is 0 Å². The van der Waals surface area contributed by atoms with Crippen LogP contribution in [0.1, 0.15) is 26.7 Å². The Morgan fingerprint density at radius 3 is 2.50 bits per heavy atom. The lowest BCUT2D eigenvalue weighted by molar-refractivity contribution is -0.108. The first-order valence-electron chi connectivity index (χ1n) is 4.81. The molecular weight excluding hydrogens is 190 g/mol. The van der Waals surface area contributed by atoms with Crippen LogP contribution in [0.15, 0.2) is 0 Å². The van der Waals surface area contributed by atoms with Crippen LogP contribution in [0.5, 0.6) is 0 Å². The molecule has 2 N–H and O–H groups in total. The number of carbonyl (C=O) groups excluding carboxylic acids is 1. The summed E-state index contributed by atoms with van der Waals surface area (Å²) in [5.41, 5.74) is 0. The number of nitrogens with one attached hydrogen (secondary N) is 2.